The fourth-order valence-electron chi connectivity index (χ4n) is 0. The number of carbonyl (C=O) groups excluding carboxylic acids is 6. The number of carbonyl (C=O) groups is 6. The van der Waals surface area contributed by atoms with Gasteiger partial charge in [-0.3, -0.25) is 0 Å². The Labute approximate surface area is 201 Å². The standard InChI is InChI=1S/6C2H4O2.Mn.4H2O.Zr/c6*1-2(3)4;;;;;;/h6*1H3,(H,3,4);;4*1H2;/q;;;;;;+2;;;;;+4/p-6. The molecule has 181 valence electrons. The molecule has 0 bridgehead atoms. The molecule has 8 N–H and O–H groups in total. The van der Waals surface area contributed by atoms with Crippen LogP contribution in [0, 0.1) is 0 Å². The van der Waals surface area contributed by atoms with E-state index in [9.17, 15) is 0 Å². The first-order valence-corrected chi connectivity index (χ1v) is 5.45. The zero-order chi connectivity index (χ0) is 21.5. The summed E-state index contributed by atoms with van der Waals surface area (Å²) in [6, 6.07) is 0. The van der Waals surface area contributed by atoms with Gasteiger partial charge in [-0.05, 0) is 41.5 Å². The van der Waals surface area contributed by atoms with Gasteiger partial charge in [0.25, 0.3) is 0 Å². The second-order valence-electron chi connectivity index (χ2n) is 2.95. The van der Waals surface area contributed by atoms with Crippen molar-refractivity contribution < 1.29 is 125 Å². The molecular weight excluding hydrogens is 546 g/mol. The monoisotopic (exact) mass is 571 g/mol. The summed E-state index contributed by atoms with van der Waals surface area (Å²) in [7, 11) is 0. The Bertz CT molecular complexity index is 271. The first-order chi connectivity index (χ1) is 10.4. The van der Waals surface area contributed by atoms with Crippen molar-refractivity contribution in [3.05, 3.63) is 0 Å². The molecule has 0 rings (SSSR count). The molecule has 0 saturated carbocycles. The van der Waals surface area contributed by atoms with E-state index < -0.39 is 35.8 Å². The number of aliphatic carboxylic acids is 6. The Kier molecular flexibility index (Phi) is 189. The third-order valence-electron chi connectivity index (χ3n) is 0. The molecule has 0 spiro atoms. The van der Waals surface area contributed by atoms with Gasteiger partial charge in [-0.2, -0.15) is 0 Å². The van der Waals surface area contributed by atoms with Crippen molar-refractivity contribution >= 4 is 35.8 Å². The van der Waals surface area contributed by atoms with Crippen molar-refractivity contribution in [2.75, 3.05) is 0 Å². The Morgan fingerprint density at radius 3 is 0.367 bits per heavy atom. The normalized spacial score (nSPS) is 5.00. The summed E-state index contributed by atoms with van der Waals surface area (Å²) in [5.41, 5.74) is 0. The van der Waals surface area contributed by atoms with Crippen molar-refractivity contribution in [3.63, 3.8) is 0 Å². The average molecular weight is 572 g/mol. The predicted octanol–water partition coefficient (Wildman–Crippen LogP) is -10.8. The maximum Gasteiger partial charge on any atom is 4.00 e. The molecule has 0 aliphatic carbocycles. The van der Waals surface area contributed by atoms with Gasteiger partial charge in [-0.15, -0.1) is 0 Å². The van der Waals surface area contributed by atoms with Crippen LogP contribution < -0.4 is 30.6 Å². The second kappa shape index (κ2) is 71.2. The van der Waals surface area contributed by atoms with Gasteiger partial charge >= 0.3 is 43.3 Å². The van der Waals surface area contributed by atoms with Gasteiger partial charge in [0.05, 0.1) is 0 Å². The van der Waals surface area contributed by atoms with E-state index in [1.54, 1.807) is 0 Å². The number of carboxylic acids is 6. The molecule has 16 nitrogen and oxygen atoms in total. The Morgan fingerprint density at radius 1 is 0.367 bits per heavy atom. The van der Waals surface area contributed by atoms with E-state index in [-0.39, 0.29) is 65.2 Å². The van der Waals surface area contributed by atoms with E-state index in [1.807, 2.05) is 0 Å². The van der Waals surface area contributed by atoms with Crippen molar-refractivity contribution in [2.45, 2.75) is 41.5 Å². The maximum atomic E-state index is 8.89. The van der Waals surface area contributed by atoms with Gasteiger partial charge in [0, 0.05) is 35.8 Å². The van der Waals surface area contributed by atoms with E-state index in [0.717, 1.165) is 41.5 Å². The molecule has 0 aromatic carbocycles. The van der Waals surface area contributed by atoms with E-state index in [0.29, 0.717) is 0 Å². The fraction of sp³-hybridized carbons (Fsp3) is 0.500. The number of hydrogen-bond donors (Lipinski definition) is 0. The van der Waals surface area contributed by atoms with E-state index in [1.165, 1.54) is 0 Å². The van der Waals surface area contributed by atoms with Crippen molar-refractivity contribution in [1.82, 2.24) is 0 Å². The van der Waals surface area contributed by atoms with E-state index in [2.05, 4.69) is 0 Å². The molecule has 0 heterocycles. The molecule has 0 aromatic rings. The predicted molar refractivity (Wildman–Crippen MR) is 78.5 cm³/mol. The second-order valence-corrected chi connectivity index (χ2v) is 2.95. The topological polar surface area (TPSA) is 367 Å². The molecule has 0 amide bonds. The molecule has 0 fully saturated rings. The van der Waals surface area contributed by atoms with Gasteiger partial charge in [0.1, 0.15) is 0 Å². The SMILES string of the molecule is CC(=O)[O-].CC(=O)[O-].CC(=O)[O-].CC(=O)[O-].CC(=O)[O-].CC(=O)[O-].O.O.O.O.[Mn+2].[Zr+4]. The Balaban J connectivity index is -0.0000000125. The third-order valence-corrected chi connectivity index (χ3v) is 0. The molecule has 0 unspecified atom stereocenters. The van der Waals surface area contributed by atoms with Crippen LogP contribution >= 0.6 is 0 Å². The molecule has 1 radical (unpaired) electrons. The molecule has 0 aromatic heterocycles. The van der Waals surface area contributed by atoms with Crippen LogP contribution in [0.25, 0.3) is 0 Å². The largest absolute Gasteiger partial charge is 4.00 e. The smallest absolute Gasteiger partial charge is 0.550 e. The average Bonchev–Trinajstić information content (AvgIpc) is 2.08. The number of carboxylic acid groups (broad SMARTS) is 6. The van der Waals surface area contributed by atoms with Crippen LogP contribution in [0.5, 0.6) is 0 Å². The van der Waals surface area contributed by atoms with Gasteiger partial charge in [0.15, 0.2) is 0 Å². The van der Waals surface area contributed by atoms with Gasteiger partial charge in [0.2, 0.25) is 0 Å². The zero-order valence-electron chi connectivity index (χ0n) is 16.8. The molecule has 0 aliphatic heterocycles. The van der Waals surface area contributed by atoms with Crippen LogP contribution in [-0.2, 0) is 72.0 Å². The Morgan fingerprint density at radius 2 is 0.367 bits per heavy atom. The van der Waals surface area contributed by atoms with Crippen molar-refractivity contribution in [3.8, 4) is 0 Å². The third kappa shape index (κ3) is 4360. The number of rotatable bonds is 0. The van der Waals surface area contributed by atoms with Crippen molar-refractivity contribution in [2.24, 2.45) is 0 Å². The van der Waals surface area contributed by atoms with Crippen LogP contribution in [0.1, 0.15) is 41.5 Å². The minimum Gasteiger partial charge on any atom is -0.550 e. The van der Waals surface area contributed by atoms with Crippen LogP contribution in [-0.4, -0.2) is 57.7 Å². The van der Waals surface area contributed by atoms with Crippen LogP contribution in [0.2, 0.25) is 0 Å². The minimum absolute atomic E-state index is 0. The van der Waals surface area contributed by atoms with Gasteiger partial charge < -0.3 is 81.3 Å². The molecule has 18 heteroatoms. The Hall–Kier alpha value is -1.94. The van der Waals surface area contributed by atoms with Gasteiger partial charge in [-0.1, -0.05) is 0 Å². The molecular formula is C12H26MnO16Zr. The summed E-state index contributed by atoms with van der Waals surface area (Å²) >= 11 is 0. The van der Waals surface area contributed by atoms with Crippen LogP contribution in [0.15, 0.2) is 0 Å². The van der Waals surface area contributed by atoms with Crippen molar-refractivity contribution in [1.29, 1.82) is 0 Å². The first-order valence-electron chi connectivity index (χ1n) is 5.45. The number of hydrogen-bond acceptors (Lipinski definition) is 12. The summed E-state index contributed by atoms with van der Waals surface area (Å²) in [4.78, 5) is 53.3. The fourth-order valence-corrected chi connectivity index (χ4v) is 0. The van der Waals surface area contributed by atoms with E-state index >= 15 is 0 Å². The van der Waals surface area contributed by atoms with Gasteiger partial charge in [-0.25, -0.2) is 0 Å². The molecule has 0 saturated heterocycles. The quantitative estimate of drug-likeness (QED) is 0.244. The molecule has 0 aliphatic rings. The maximum absolute atomic E-state index is 8.89. The zero-order valence-corrected chi connectivity index (χ0v) is 20.4. The first kappa shape index (κ1) is 79.7. The summed E-state index contributed by atoms with van der Waals surface area (Å²) in [5.74, 6) is -6.50. The van der Waals surface area contributed by atoms with Crippen LogP contribution in [0.4, 0.5) is 0 Å². The summed E-state index contributed by atoms with van der Waals surface area (Å²) < 4.78 is 0. The summed E-state index contributed by atoms with van der Waals surface area (Å²) in [6.45, 7) is 5.83. The summed E-state index contributed by atoms with van der Waals surface area (Å²) in [6.07, 6.45) is 0. The summed E-state index contributed by atoms with van der Waals surface area (Å²) in [5, 5.41) is 53.3. The van der Waals surface area contributed by atoms with E-state index in [4.69, 9.17) is 59.4 Å². The molecule has 30 heavy (non-hydrogen) atoms. The molecule has 0 atom stereocenters. The minimum atomic E-state index is -1.08. The van der Waals surface area contributed by atoms with Crippen LogP contribution in [0.3, 0.4) is 0 Å².